The molecule has 0 bridgehead atoms. The highest BCUT2D eigenvalue weighted by Gasteiger charge is 2.33. The highest BCUT2D eigenvalue weighted by atomic mass is 16.7. The normalized spacial score (nSPS) is 14.9. The first-order chi connectivity index (χ1) is 10.0. The van der Waals surface area contributed by atoms with Crippen molar-refractivity contribution in [1.82, 2.24) is 5.06 Å². The van der Waals surface area contributed by atoms with Gasteiger partial charge in [0.15, 0.2) is 0 Å². The molecule has 0 aliphatic heterocycles. The van der Waals surface area contributed by atoms with Crippen molar-refractivity contribution in [2.24, 2.45) is 11.8 Å². The Morgan fingerprint density at radius 2 is 1.59 bits per heavy atom. The molecular weight excluding hydrogens is 282 g/mol. The van der Waals surface area contributed by atoms with E-state index in [9.17, 15) is 0 Å². The predicted molar refractivity (Wildman–Crippen MR) is 89.7 cm³/mol. The van der Waals surface area contributed by atoms with Crippen LogP contribution in [-0.2, 0) is 19.0 Å². The zero-order chi connectivity index (χ0) is 17.4. The topological polar surface area (TPSA) is 40.2 Å². The lowest BCUT2D eigenvalue weighted by Crippen LogP contribution is -2.43. The molecule has 0 aromatic carbocycles. The van der Waals surface area contributed by atoms with E-state index in [1.165, 1.54) is 0 Å². The van der Waals surface area contributed by atoms with Crippen LogP contribution in [0.5, 0.6) is 0 Å². The summed E-state index contributed by atoms with van der Waals surface area (Å²) in [7, 11) is 5.19. The summed E-state index contributed by atoms with van der Waals surface area (Å²) in [6.07, 6.45) is 1.05. The quantitative estimate of drug-likeness (QED) is 0.407. The lowest BCUT2D eigenvalue weighted by atomic mass is 9.84. The standard InChI is InChI=1S/C17H37NO4/c1-14(2)10-15(11-21-16(3,4)12-19-8)17(5,6)22-13-18(7)20-9/h14-15H,10-13H2,1-9H3. The third kappa shape index (κ3) is 9.06. The van der Waals surface area contributed by atoms with E-state index in [1.54, 1.807) is 19.3 Å². The largest absolute Gasteiger partial charge is 0.382 e. The number of hydrogen-bond acceptors (Lipinski definition) is 5. The zero-order valence-electron chi connectivity index (χ0n) is 16.1. The zero-order valence-corrected chi connectivity index (χ0v) is 16.1. The molecule has 0 aliphatic rings. The third-order valence-electron chi connectivity index (χ3n) is 3.84. The van der Waals surface area contributed by atoms with Gasteiger partial charge in [-0.05, 0) is 40.0 Å². The average molecular weight is 319 g/mol. The van der Waals surface area contributed by atoms with Crippen molar-refractivity contribution in [1.29, 1.82) is 0 Å². The van der Waals surface area contributed by atoms with E-state index in [0.717, 1.165) is 6.42 Å². The van der Waals surface area contributed by atoms with Gasteiger partial charge >= 0.3 is 0 Å². The van der Waals surface area contributed by atoms with Crippen molar-refractivity contribution in [3.8, 4) is 0 Å². The van der Waals surface area contributed by atoms with E-state index >= 15 is 0 Å². The van der Waals surface area contributed by atoms with E-state index < -0.39 is 0 Å². The molecule has 134 valence electrons. The molecule has 0 amide bonds. The maximum Gasteiger partial charge on any atom is 0.122 e. The first-order valence-corrected chi connectivity index (χ1v) is 8.06. The van der Waals surface area contributed by atoms with Crippen molar-refractivity contribution < 1.29 is 19.0 Å². The minimum Gasteiger partial charge on any atom is -0.382 e. The summed E-state index contributed by atoms with van der Waals surface area (Å²) >= 11 is 0. The number of ether oxygens (including phenoxy) is 3. The number of rotatable bonds is 12. The SMILES string of the molecule is COCC(C)(C)OCC(CC(C)C)C(C)(C)OCN(C)OC. The molecule has 0 aromatic heterocycles. The molecule has 0 spiro atoms. The fraction of sp³-hybridized carbons (Fsp3) is 1.00. The van der Waals surface area contributed by atoms with Crippen molar-refractivity contribution in [2.45, 2.75) is 59.2 Å². The van der Waals surface area contributed by atoms with Crippen molar-refractivity contribution in [3.63, 3.8) is 0 Å². The second kappa shape index (κ2) is 9.83. The number of methoxy groups -OCH3 is 1. The van der Waals surface area contributed by atoms with Gasteiger partial charge in [-0.3, -0.25) is 0 Å². The summed E-state index contributed by atoms with van der Waals surface area (Å²) in [5, 5.41) is 1.67. The smallest absolute Gasteiger partial charge is 0.122 e. The lowest BCUT2D eigenvalue weighted by Gasteiger charge is -2.38. The molecule has 5 nitrogen and oxygen atoms in total. The Morgan fingerprint density at radius 3 is 2.05 bits per heavy atom. The van der Waals surface area contributed by atoms with E-state index in [-0.39, 0.29) is 11.2 Å². The van der Waals surface area contributed by atoms with Gasteiger partial charge in [-0.15, -0.1) is 0 Å². The number of hydrogen-bond donors (Lipinski definition) is 0. The van der Waals surface area contributed by atoms with Crippen LogP contribution in [-0.4, -0.2) is 57.5 Å². The van der Waals surface area contributed by atoms with Crippen molar-refractivity contribution in [2.75, 3.05) is 41.2 Å². The Labute approximate surface area is 137 Å². The average Bonchev–Trinajstić information content (AvgIpc) is 2.40. The fourth-order valence-corrected chi connectivity index (χ4v) is 2.26. The summed E-state index contributed by atoms with van der Waals surface area (Å²) in [6, 6.07) is 0. The Hall–Kier alpha value is -0.200. The molecule has 0 heterocycles. The number of nitrogens with zero attached hydrogens (tertiary/aromatic N) is 1. The van der Waals surface area contributed by atoms with Crippen LogP contribution >= 0.6 is 0 Å². The van der Waals surface area contributed by atoms with Crippen LogP contribution in [0.2, 0.25) is 0 Å². The predicted octanol–water partition coefficient (Wildman–Crippen LogP) is 3.34. The molecule has 1 unspecified atom stereocenters. The van der Waals surface area contributed by atoms with Crippen LogP contribution in [0, 0.1) is 11.8 Å². The van der Waals surface area contributed by atoms with E-state index in [1.807, 2.05) is 7.05 Å². The first-order valence-electron chi connectivity index (χ1n) is 8.06. The summed E-state index contributed by atoms with van der Waals surface area (Å²) in [4.78, 5) is 5.11. The third-order valence-corrected chi connectivity index (χ3v) is 3.84. The van der Waals surface area contributed by atoms with Gasteiger partial charge in [0, 0.05) is 20.1 Å². The Balaban J connectivity index is 4.72. The van der Waals surface area contributed by atoms with Crippen LogP contribution < -0.4 is 0 Å². The van der Waals surface area contributed by atoms with Gasteiger partial charge in [0.1, 0.15) is 6.73 Å². The molecule has 0 rings (SSSR count). The lowest BCUT2D eigenvalue weighted by molar-refractivity contribution is -0.216. The minimum absolute atomic E-state index is 0.288. The van der Waals surface area contributed by atoms with E-state index in [2.05, 4.69) is 41.5 Å². The summed E-state index contributed by atoms with van der Waals surface area (Å²) in [6.45, 7) is 14.5. The van der Waals surface area contributed by atoms with Crippen molar-refractivity contribution in [3.05, 3.63) is 0 Å². The minimum atomic E-state index is -0.291. The maximum absolute atomic E-state index is 6.10. The molecule has 0 aromatic rings. The van der Waals surface area contributed by atoms with Gasteiger partial charge in [-0.25, -0.2) is 0 Å². The molecule has 0 saturated heterocycles. The molecule has 0 fully saturated rings. The van der Waals surface area contributed by atoms with Gasteiger partial charge in [-0.2, -0.15) is 5.06 Å². The van der Waals surface area contributed by atoms with Gasteiger partial charge < -0.3 is 19.0 Å². The maximum atomic E-state index is 6.10. The monoisotopic (exact) mass is 319 g/mol. The summed E-state index contributed by atoms with van der Waals surface area (Å²) in [5.41, 5.74) is -0.580. The van der Waals surface area contributed by atoms with Gasteiger partial charge in [-0.1, -0.05) is 13.8 Å². The molecular formula is C17H37NO4. The molecule has 0 saturated carbocycles. The second-order valence-electron chi connectivity index (χ2n) is 7.52. The van der Waals surface area contributed by atoms with E-state index in [4.69, 9.17) is 19.0 Å². The summed E-state index contributed by atoms with van der Waals surface area (Å²) in [5.74, 6) is 0.885. The van der Waals surface area contributed by atoms with Crippen LogP contribution in [0.15, 0.2) is 0 Å². The molecule has 22 heavy (non-hydrogen) atoms. The molecule has 0 radical (unpaired) electrons. The Kier molecular flexibility index (Phi) is 9.74. The van der Waals surface area contributed by atoms with Gasteiger partial charge in [0.05, 0.1) is 31.5 Å². The van der Waals surface area contributed by atoms with Crippen molar-refractivity contribution >= 4 is 0 Å². The Bertz CT molecular complexity index is 292. The molecule has 0 aliphatic carbocycles. The highest BCUT2D eigenvalue weighted by Crippen LogP contribution is 2.29. The molecule has 1 atom stereocenters. The fourth-order valence-electron chi connectivity index (χ4n) is 2.26. The number of hydroxylamine groups is 2. The second-order valence-corrected chi connectivity index (χ2v) is 7.52. The van der Waals surface area contributed by atoms with Crippen LogP contribution in [0.3, 0.4) is 0 Å². The van der Waals surface area contributed by atoms with Crippen LogP contribution in [0.1, 0.15) is 48.0 Å². The van der Waals surface area contributed by atoms with Gasteiger partial charge in [0.2, 0.25) is 0 Å². The first kappa shape index (κ1) is 21.8. The van der Waals surface area contributed by atoms with Gasteiger partial charge in [0.25, 0.3) is 0 Å². The molecule has 5 heteroatoms. The van der Waals surface area contributed by atoms with Crippen LogP contribution in [0.25, 0.3) is 0 Å². The highest BCUT2D eigenvalue weighted by molar-refractivity contribution is 4.82. The van der Waals surface area contributed by atoms with E-state index in [0.29, 0.717) is 31.8 Å². The Morgan fingerprint density at radius 1 is 1.00 bits per heavy atom. The van der Waals surface area contributed by atoms with Crippen LogP contribution in [0.4, 0.5) is 0 Å². The summed E-state index contributed by atoms with van der Waals surface area (Å²) < 4.78 is 17.4. The molecule has 0 N–H and O–H groups in total.